The molecule has 0 unspecified atom stereocenters. The summed E-state index contributed by atoms with van der Waals surface area (Å²) in [6.45, 7) is 0. The minimum Gasteiger partial charge on any atom is -0.456 e. The second-order valence-electron chi connectivity index (χ2n) is 14.0. The van der Waals surface area contributed by atoms with Crippen LogP contribution in [0.4, 0.5) is 0 Å². The molecule has 8 aromatic carbocycles. The molecule has 0 fully saturated rings. The average Bonchev–Trinajstić information content (AvgIpc) is 3.82. The Bertz CT molecular complexity index is 3240. The van der Waals surface area contributed by atoms with Crippen LogP contribution >= 0.6 is 0 Å². The van der Waals surface area contributed by atoms with Crippen molar-refractivity contribution in [2.45, 2.75) is 0 Å². The number of nitrogens with zero attached hydrogens (tertiary/aromatic N) is 4. The highest BCUT2D eigenvalue weighted by atomic mass is 16.3. The summed E-state index contributed by atoms with van der Waals surface area (Å²) in [7, 11) is 0. The van der Waals surface area contributed by atoms with E-state index in [4.69, 9.17) is 19.4 Å². The van der Waals surface area contributed by atoms with Crippen LogP contribution in [-0.4, -0.2) is 19.5 Å². The molecule has 5 heteroatoms. The molecule has 5 nitrogen and oxygen atoms in total. The number of hydrogen-bond acceptors (Lipinski definition) is 4. The van der Waals surface area contributed by atoms with Gasteiger partial charge in [0.2, 0.25) is 0 Å². The average molecular weight is 717 g/mol. The lowest BCUT2D eigenvalue weighted by Gasteiger charge is -2.16. The van der Waals surface area contributed by atoms with Gasteiger partial charge in [0.25, 0.3) is 0 Å². The van der Waals surface area contributed by atoms with Crippen molar-refractivity contribution in [3.63, 3.8) is 0 Å². The summed E-state index contributed by atoms with van der Waals surface area (Å²) < 4.78 is 8.57. The van der Waals surface area contributed by atoms with E-state index in [2.05, 4.69) is 138 Å². The number of fused-ring (bicyclic) bond motifs is 6. The van der Waals surface area contributed by atoms with Crippen molar-refractivity contribution in [2.24, 2.45) is 0 Å². The van der Waals surface area contributed by atoms with E-state index in [1.165, 1.54) is 21.9 Å². The number of para-hydroxylation sites is 2. The maximum Gasteiger partial charge on any atom is 0.166 e. The van der Waals surface area contributed by atoms with Crippen molar-refractivity contribution in [3.8, 4) is 62.1 Å². The lowest BCUT2D eigenvalue weighted by molar-refractivity contribution is 0.669. The zero-order valence-electron chi connectivity index (χ0n) is 30.2. The van der Waals surface area contributed by atoms with Gasteiger partial charge in [-0.2, -0.15) is 0 Å². The maximum absolute atomic E-state index is 6.19. The second kappa shape index (κ2) is 13.0. The Kier molecular flexibility index (Phi) is 7.42. The minimum absolute atomic E-state index is 0.589. The minimum atomic E-state index is 0.589. The summed E-state index contributed by atoms with van der Waals surface area (Å²) in [5, 5.41) is 4.46. The molecule has 0 saturated heterocycles. The van der Waals surface area contributed by atoms with E-state index in [0.717, 1.165) is 66.5 Å². The van der Waals surface area contributed by atoms with E-state index in [1.807, 2.05) is 60.7 Å². The van der Waals surface area contributed by atoms with E-state index in [1.54, 1.807) is 0 Å². The Morgan fingerprint density at radius 3 is 1.71 bits per heavy atom. The predicted molar refractivity (Wildman–Crippen MR) is 229 cm³/mol. The van der Waals surface area contributed by atoms with Gasteiger partial charge < -0.3 is 8.98 Å². The van der Waals surface area contributed by atoms with Crippen molar-refractivity contribution in [3.05, 3.63) is 194 Å². The van der Waals surface area contributed by atoms with E-state index >= 15 is 0 Å². The van der Waals surface area contributed by atoms with Gasteiger partial charge in [-0.3, -0.25) is 0 Å². The first-order chi connectivity index (χ1) is 27.8. The first-order valence-electron chi connectivity index (χ1n) is 18.8. The molecular weight excluding hydrogens is 685 g/mol. The van der Waals surface area contributed by atoms with Crippen LogP contribution in [0.5, 0.6) is 0 Å². The van der Waals surface area contributed by atoms with Gasteiger partial charge in [-0.25, -0.2) is 15.0 Å². The van der Waals surface area contributed by atoms with Crippen molar-refractivity contribution >= 4 is 43.7 Å². The smallest absolute Gasteiger partial charge is 0.166 e. The number of hydrogen-bond donors (Lipinski definition) is 0. The molecule has 0 radical (unpaired) electrons. The lowest BCUT2D eigenvalue weighted by atomic mass is 9.99. The normalized spacial score (nSPS) is 11.6. The van der Waals surface area contributed by atoms with Crippen LogP contribution < -0.4 is 0 Å². The highest BCUT2D eigenvalue weighted by Gasteiger charge is 2.22. The molecule has 3 heterocycles. The Labute approximate surface area is 322 Å². The molecule has 0 bridgehead atoms. The Hall–Kier alpha value is -7.63. The monoisotopic (exact) mass is 716 g/mol. The molecule has 0 aliphatic heterocycles. The number of aromatic nitrogens is 4. The van der Waals surface area contributed by atoms with Gasteiger partial charge in [0.15, 0.2) is 17.5 Å². The third-order valence-electron chi connectivity index (χ3n) is 10.7. The third-order valence-corrected chi connectivity index (χ3v) is 10.7. The zero-order chi connectivity index (χ0) is 37.0. The molecule has 56 heavy (non-hydrogen) atoms. The standard InChI is InChI=1S/C51H32N4O/c1-4-15-33(16-5-1)36-27-29-41(45(32-36)55-43-24-12-10-22-40(43)48-38(23-14-25-44(48)55)34-17-6-2-7-18-34)51-53-49(35-19-8-3-9-20-35)52-50(54-51)37-28-30-47-42(31-37)39-21-11-13-26-46(39)56-47/h1-32H. The highest BCUT2D eigenvalue weighted by Crippen LogP contribution is 2.42. The molecule has 3 aromatic heterocycles. The SMILES string of the molecule is c1ccc(-c2ccc(-c3nc(-c4ccccc4)nc(-c4ccc5oc6ccccc6c5c4)n3)c(-n3c4ccccc4c4c(-c5ccccc5)cccc43)c2)cc1. The number of rotatable bonds is 6. The Morgan fingerprint density at radius 1 is 0.339 bits per heavy atom. The fourth-order valence-electron chi connectivity index (χ4n) is 8.06. The third kappa shape index (κ3) is 5.29. The van der Waals surface area contributed by atoms with Gasteiger partial charge in [0.05, 0.1) is 16.7 Å². The van der Waals surface area contributed by atoms with Crippen molar-refractivity contribution in [1.29, 1.82) is 0 Å². The van der Waals surface area contributed by atoms with E-state index in [9.17, 15) is 0 Å². The quantitative estimate of drug-likeness (QED) is 0.172. The first kappa shape index (κ1) is 31.9. The molecule has 11 aromatic rings. The molecule has 11 rings (SSSR count). The molecule has 0 spiro atoms. The van der Waals surface area contributed by atoms with Gasteiger partial charge in [-0.1, -0.05) is 146 Å². The van der Waals surface area contributed by atoms with Crippen LogP contribution in [0.3, 0.4) is 0 Å². The van der Waals surface area contributed by atoms with Crippen LogP contribution in [0.15, 0.2) is 199 Å². The van der Waals surface area contributed by atoms with Crippen LogP contribution in [0, 0.1) is 0 Å². The van der Waals surface area contributed by atoms with Gasteiger partial charge in [-0.15, -0.1) is 0 Å². The zero-order valence-corrected chi connectivity index (χ0v) is 30.2. The first-order valence-corrected chi connectivity index (χ1v) is 18.8. The molecule has 0 atom stereocenters. The fraction of sp³-hybridized carbons (Fsp3) is 0. The fourth-order valence-corrected chi connectivity index (χ4v) is 8.06. The van der Waals surface area contributed by atoms with Gasteiger partial charge >= 0.3 is 0 Å². The van der Waals surface area contributed by atoms with E-state index in [0.29, 0.717) is 17.5 Å². The molecule has 262 valence electrons. The van der Waals surface area contributed by atoms with Crippen LogP contribution in [0.25, 0.3) is 106 Å². The maximum atomic E-state index is 6.19. The summed E-state index contributed by atoms with van der Waals surface area (Å²) in [4.78, 5) is 15.7. The largest absolute Gasteiger partial charge is 0.456 e. The van der Waals surface area contributed by atoms with Crippen molar-refractivity contribution in [2.75, 3.05) is 0 Å². The van der Waals surface area contributed by atoms with Gasteiger partial charge in [-0.05, 0) is 70.8 Å². The van der Waals surface area contributed by atoms with E-state index < -0.39 is 0 Å². The van der Waals surface area contributed by atoms with Crippen LogP contribution in [0.2, 0.25) is 0 Å². The van der Waals surface area contributed by atoms with Gasteiger partial charge in [0.1, 0.15) is 11.2 Å². The molecule has 0 N–H and O–H groups in total. The summed E-state index contributed by atoms with van der Waals surface area (Å²) in [6, 6.07) is 67.5. The second-order valence-corrected chi connectivity index (χ2v) is 14.0. The highest BCUT2D eigenvalue weighted by molar-refractivity contribution is 6.16. The molecule has 0 aliphatic rings. The number of benzene rings is 8. The molecular formula is C51H32N4O. The molecule has 0 aliphatic carbocycles. The lowest BCUT2D eigenvalue weighted by Crippen LogP contribution is -2.04. The van der Waals surface area contributed by atoms with Crippen LogP contribution in [-0.2, 0) is 0 Å². The number of furan rings is 1. The Balaban J connectivity index is 1.20. The molecule has 0 amide bonds. The Morgan fingerprint density at radius 2 is 0.929 bits per heavy atom. The summed E-state index contributed by atoms with van der Waals surface area (Å²) in [5.41, 5.74) is 12.2. The van der Waals surface area contributed by atoms with Crippen molar-refractivity contribution in [1.82, 2.24) is 19.5 Å². The van der Waals surface area contributed by atoms with Crippen molar-refractivity contribution < 1.29 is 4.42 Å². The predicted octanol–water partition coefficient (Wildman–Crippen LogP) is 13.2. The summed E-state index contributed by atoms with van der Waals surface area (Å²) >= 11 is 0. The van der Waals surface area contributed by atoms with Crippen LogP contribution in [0.1, 0.15) is 0 Å². The summed E-state index contributed by atoms with van der Waals surface area (Å²) in [6.07, 6.45) is 0. The van der Waals surface area contributed by atoms with E-state index in [-0.39, 0.29) is 0 Å². The topological polar surface area (TPSA) is 56.7 Å². The van der Waals surface area contributed by atoms with Gasteiger partial charge in [0, 0.05) is 38.2 Å². The molecule has 0 saturated carbocycles. The summed E-state index contributed by atoms with van der Waals surface area (Å²) in [5.74, 6) is 1.79.